The Labute approximate surface area is 201 Å². The van der Waals surface area contributed by atoms with Crippen molar-refractivity contribution in [2.75, 3.05) is 26.1 Å². The number of carbonyl (C=O) groups is 1. The standard InChI is InChI=1S/C22H22ClN3O5S2/c1-30-15-7-10-20(31-2)17(12-15)18-13-32-22(24-18)25-21(27)19-4-3-11-26(19)33(28,29)16-8-5-14(23)6-9-16/h5-10,12-13,19H,3-4,11H2,1-2H3,(H,24,25,27). The SMILES string of the molecule is COc1ccc(OC)c(-c2csc(NC(=O)C3CCCN3S(=O)(=O)c3ccc(Cl)cc3)n2)c1. The van der Waals surface area contributed by atoms with E-state index in [2.05, 4.69) is 10.3 Å². The van der Waals surface area contributed by atoms with Crippen molar-refractivity contribution in [2.24, 2.45) is 0 Å². The summed E-state index contributed by atoms with van der Waals surface area (Å²) >= 11 is 7.13. The van der Waals surface area contributed by atoms with Crippen LogP contribution in [-0.4, -0.2) is 50.4 Å². The molecule has 8 nitrogen and oxygen atoms in total. The summed E-state index contributed by atoms with van der Waals surface area (Å²) in [6, 6.07) is 10.5. The molecule has 2 heterocycles. The van der Waals surface area contributed by atoms with Crippen LogP contribution in [-0.2, 0) is 14.8 Å². The third-order valence-electron chi connectivity index (χ3n) is 5.34. The van der Waals surface area contributed by atoms with E-state index in [1.54, 1.807) is 37.8 Å². The third-order valence-corrected chi connectivity index (χ3v) is 8.28. The first-order chi connectivity index (χ1) is 15.8. The molecule has 11 heteroatoms. The number of sulfonamides is 1. The summed E-state index contributed by atoms with van der Waals surface area (Å²) in [4.78, 5) is 17.6. The maximum Gasteiger partial charge on any atom is 0.244 e. The maximum absolute atomic E-state index is 13.1. The minimum atomic E-state index is -3.83. The first-order valence-electron chi connectivity index (χ1n) is 10.1. The summed E-state index contributed by atoms with van der Waals surface area (Å²) in [5.41, 5.74) is 1.34. The van der Waals surface area contributed by atoms with E-state index in [4.69, 9.17) is 21.1 Å². The Morgan fingerprint density at radius 1 is 1.18 bits per heavy atom. The molecule has 4 rings (SSSR count). The van der Waals surface area contributed by atoms with Crippen molar-refractivity contribution < 1.29 is 22.7 Å². The zero-order valence-electron chi connectivity index (χ0n) is 17.9. The maximum atomic E-state index is 13.1. The minimum Gasteiger partial charge on any atom is -0.497 e. The summed E-state index contributed by atoms with van der Waals surface area (Å²) in [5, 5.41) is 5.38. The molecule has 33 heavy (non-hydrogen) atoms. The van der Waals surface area contributed by atoms with E-state index >= 15 is 0 Å². The molecule has 3 aromatic rings. The van der Waals surface area contributed by atoms with Crippen molar-refractivity contribution >= 4 is 44.0 Å². The molecule has 1 amide bonds. The summed E-state index contributed by atoms with van der Waals surface area (Å²) in [6.07, 6.45) is 1.02. The Kier molecular flexibility index (Phi) is 6.89. The number of hydrogen-bond acceptors (Lipinski definition) is 7. The van der Waals surface area contributed by atoms with Crippen molar-refractivity contribution in [1.82, 2.24) is 9.29 Å². The number of ether oxygens (including phenoxy) is 2. The van der Waals surface area contributed by atoms with Crippen LogP contribution < -0.4 is 14.8 Å². The largest absolute Gasteiger partial charge is 0.497 e. The zero-order valence-corrected chi connectivity index (χ0v) is 20.3. The van der Waals surface area contributed by atoms with Gasteiger partial charge in [0, 0.05) is 22.5 Å². The number of carbonyl (C=O) groups excluding carboxylic acids is 1. The van der Waals surface area contributed by atoms with Gasteiger partial charge in [0.25, 0.3) is 0 Å². The lowest BCUT2D eigenvalue weighted by Crippen LogP contribution is -2.43. The lowest BCUT2D eigenvalue weighted by atomic mass is 10.1. The Hall–Kier alpha value is -2.66. The van der Waals surface area contributed by atoms with Crippen molar-refractivity contribution in [3.05, 3.63) is 52.9 Å². The molecule has 1 aliphatic heterocycles. The van der Waals surface area contributed by atoms with Crippen LogP contribution in [0.25, 0.3) is 11.3 Å². The number of nitrogens with zero attached hydrogens (tertiary/aromatic N) is 2. The molecule has 0 radical (unpaired) electrons. The molecule has 1 unspecified atom stereocenters. The van der Waals surface area contributed by atoms with Crippen LogP contribution in [0.4, 0.5) is 5.13 Å². The predicted molar refractivity (Wildman–Crippen MR) is 128 cm³/mol. The van der Waals surface area contributed by atoms with Crippen LogP contribution >= 0.6 is 22.9 Å². The summed E-state index contributed by atoms with van der Waals surface area (Å²) in [6.45, 7) is 0.271. The van der Waals surface area contributed by atoms with Crippen LogP contribution in [0.2, 0.25) is 5.02 Å². The molecule has 1 atom stereocenters. The normalized spacial score (nSPS) is 16.5. The van der Waals surface area contributed by atoms with Crippen LogP contribution in [0.1, 0.15) is 12.8 Å². The van der Waals surface area contributed by atoms with Gasteiger partial charge in [-0.25, -0.2) is 13.4 Å². The number of anilines is 1. The molecule has 1 aromatic heterocycles. The number of thiazole rings is 1. The first-order valence-corrected chi connectivity index (χ1v) is 12.8. The van der Waals surface area contributed by atoms with E-state index in [1.807, 2.05) is 0 Å². The van der Waals surface area contributed by atoms with Crippen LogP contribution in [0, 0.1) is 0 Å². The van der Waals surface area contributed by atoms with Crippen LogP contribution in [0.15, 0.2) is 52.7 Å². The van der Waals surface area contributed by atoms with Crippen LogP contribution in [0.3, 0.4) is 0 Å². The molecule has 0 spiro atoms. The second-order valence-electron chi connectivity index (χ2n) is 7.32. The average Bonchev–Trinajstić information content (AvgIpc) is 3.49. The quantitative estimate of drug-likeness (QED) is 0.512. The number of hydrogen-bond donors (Lipinski definition) is 1. The summed E-state index contributed by atoms with van der Waals surface area (Å²) in [5.74, 6) is 0.858. The lowest BCUT2D eigenvalue weighted by molar-refractivity contribution is -0.119. The van der Waals surface area contributed by atoms with Crippen molar-refractivity contribution in [3.8, 4) is 22.8 Å². The molecule has 1 aliphatic rings. The van der Waals surface area contributed by atoms with Crippen molar-refractivity contribution in [2.45, 2.75) is 23.8 Å². The third kappa shape index (κ3) is 4.84. The lowest BCUT2D eigenvalue weighted by Gasteiger charge is -2.23. The van der Waals surface area contributed by atoms with Gasteiger partial charge in [0.2, 0.25) is 15.9 Å². The number of nitrogens with one attached hydrogen (secondary N) is 1. The van der Waals surface area contributed by atoms with Gasteiger partial charge < -0.3 is 14.8 Å². The molecule has 1 N–H and O–H groups in total. The van der Waals surface area contributed by atoms with Crippen LogP contribution in [0.5, 0.6) is 11.5 Å². The Morgan fingerprint density at radius 3 is 2.64 bits per heavy atom. The van der Waals surface area contributed by atoms with Gasteiger partial charge in [-0.1, -0.05) is 11.6 Å². The second-order valence-corrected chi connectivity index (χ2v) is 10.5. The molecule has 174 valence electrons. The fourth-order valence-corrected chi connectivity index (χ4v) is 6.19. The number of amides is 1. The van der Waals surface area contributed by atoms with Gasteiger partial charge >= 0.3 is 0 Å². The Bertz CT molecular complexity index is 1260. The summed E-state index contributed by atoms with van der Waals surface area (Å²) < 4.78 is 38.1. The molecule has 0 aliphatic carbocycles. The van der Waals surface area contributed by atoms with Crippen molar-refractivity contribution in [1.29, 1.82) is 0 Å². The topological polar surface area (TPSA) is 97.8 Å². The van der Waals surface area contributed by atoms with Crippen molar-refractivity contribution in [3.63, 3.8) is 0 Å². The number of halogens is 1. The van der Waals surface area contributed by atoms with E-state index in [0.717, 1.165) is 5.56 Å². The second kappa shape index (κ2) is 9.68. The Morgan fingerprint density at radius 2 is 1.94 bits per heavy atom. The van der Waals surface area contributed by atoms with Gasteiger partial charge in [0.05, 0.1) is 24.8 Å². The van der Waals surface area contributed by atoms with E-state index in [1.165, 1.54) is 39.9 Å². The van der Waals surface area contributed by atoms with E-state index < -0.39 is 22.0 Å². The molecule has 0 saturated carbocycles. The van der Waals surface area contributed by atoms with E-state index in [-0.39, 0.29) is 11.4 Å². The smallest absolute Gasteiger partial charge is 0.244 e. The first kappa shape index (κ1) is 23.5. The highest BCUT2D eigenvalue weighted by Gasteiger charge is 2.39. The van der Waals surface area contributed by atoms with Gasteiger partial charge in [-0.3, -0.25) is 4.79 Å². The molecule has 2 aromatic carbocycles. The molecule has 1 fully saturated rings. The molecular weight excluding hydrogens is 486 g/mol. The van der Waals surface area contributed by atoms with Gasteiger partial charge in [-0.05, 0) is 55.3 Å². The number of methoxy groups -OCH3 is 2. The predicted octanol–water partition coefficient (Wildman–Crippen LogP) is 4.27. The molecule has 0 bridgehead atoms. The fraction of sp³-hybridized carbons (Fsp3) is 0.273. The number of aromatic nitrogens is 1. The highest BCUT2D eigenvalue weighted by Crippen LogP contribution is 2.35. The monoisotopic (exact) mass is 507 g/mol. The number of benzene rings is 2. The number of rotatable bonds is 7. The fourth-order valence-electron chi connectivity index (χ4n) is 3.69. The van der Waals surface area contributed by atoms with Gasteiger partial charge in [0.1, 0.15) is 17.5 Å². The highest BCUT2D eigenvalue weighted by molar-refractivity contribution is 7.89. The van der Waals surface area contributed by atoms with E-state index in [9.17, 15) is 13.2 Å². The van der Waals surface area contributed by atoms with E-state index in [0.29, 0.717) is 40.2 Å². The zero-order chi connectivity index (χ0) is 23.6. The van der Waals surface area contributed by atoms with Gasteiger partial charge in [-0.2, -0.15) is 4.31 Å². The molecule has 1 saturated heterocycles. The Balaban J connectivity index is 1.53. The highest BCUT2D eigenvalue weighted by atomic mass is 35.5. The summed E-state index contributed by atoms with van der Waals surface area (Å²) in [7, 11) is -0.691. The molecular formula is C22H22ClN3O5S2. The minimum absolute atomic E-state index is 0.105. The average molecular weight is 508 g/mol. The van der Waals surface area contributed by atoms with Gasteiger partial charge in [0.15, 0.2) is 5.13 Å². The van der Waals surface area contributed by atoms with Gasteiger partial charge in [-0.15, -0.1) is 11.3 Å².